The molecule has 0 aromatic heterocycles. The van der Waals surface area contributed by atoms with Crippen molar-refractivity contribution < 1.29 is 12.8 Å². The lowest BCUT2D eigenvalue weighted by Gasteiger charge is -2.33. The van der Waals surface area contributed by atoms with E-state index < -0.39 is 21.4 Å². The molecule has 0 spiro atoms. The first kappa shape index (κ1) is 14.9. The zero-order chi connectivity index (χ0) is 14.1. The van der Waals surface area contributed by atoms with E-state index in [1.54, 1.807) is 13.8 Å². The Morgan fingerprint density at radius 2 is 1.94 bits per heavy atom. The number of nitrogens with zero attached hydrogens (tertiary/aromatic N) is 1. The van der Waals surface area contributed by atoms with Gasteiger partial charge in [0, 0.05) is 18.3 Å². The van der Waals surface area contributed by atoms with Gasteiger partial charge in [-0.25, -0.2) is 12.8 Å². The van der Waals surface area contributed by atoms with Crippen molar-refractivity contribution in [1.29, 1.82) is 0 Å². The number of halogens is 1. The van der Waals surface area contributed by atoms with E-state index in [9.17, 15) is 12.8 Å². The van der Waals surface area contributed by atoms with Crippen molar-refractivity contribution in [3.63, 3.8) is 0 Å². The highest BCUT2D eigenvalue weighted by atomic mass is 32.2. The molecule has 0 saturated heterocycles. The smallest absolute Gasteiger partial charge is 0.246 e. The lowest BCUT2D eigenvalue weighted by Crippen LogP contribution is -2.44. The molecule has 0 radical (unpaired) electrons. The number of nitrogen functional groups attached to an aromatic ring is 1. The SMILES string of the molecule is CCC(C)(C)N(C)S(=O)(=O)c1ccc(N)cc1F. The quantitative estimate of drug-likeness (QED) is 0.856. The minimum Gasteiger partial charge on any atom is -0.399 e. The molecule has 18 heavy (non-hydrogen) atoms. The average molecular weight is 274 g/mol. The summed E-state index contributed by atoms with van der Waals surface area (Å²) in [5, 5.41) is 0. The van der Waals surface area contributed by atoms with E-state index in [0.29, 0.717) is 6.42 Å². The van der Waals surface area contributed by atoms with E-state index >= 15 is 0 Å². The Bertz CT molecular complexity index is 541. The minimum atomic E-state index is -3.85. The maximum atomic E-state index is 13.7. The largest absolute Gasteiger partial charge is 0.399 e. The molecular weight excluding hydrogens is 255 g/mol. The fourth-order valence-corrected chi connectivity index (χ4v) is 3.04. The summed E-state index contributed by atoms with van der Waals surface area (Å²) in [7, 11) is -2.40. The maximum absolute atomic E-state index is 13.7. The van der Waals surface area contributed by atoms with Crippen LogP contribution in [0.3, 0.4) is 0 Å². The average Bonchev–Trinajstić information content (AvgIpc) is 2.27. The van der Waals surface area contributed by atoms with Gasteiger partial charge in [-0.3, -0.25) is 0 Å². The molecule has 0 amide bonds. The summed E-state index contributed by atoms with van der Waals surface area (Å²) in [4.78, 5) is -0.347. The van der Waals surface area contributed by atoms with Crippen molar-refractivity contribution >= 4 is 15.7 Å². The van der Waals surface area contributed by atoms with Crippen LogP contribution in [0.2, 0.25) is 0 Å². The molecule has 0 aliphatic carbocycles. The van der Waals surface area contributed by atoms with E-state index in [4.69, 9.17) is 5.73 Å². The van der Waals surface area contributed by atoms with Gasteiger partial charge in [0.05, 0.1) is 0 Å². The van der Waals surface area contributed by atoms with Gasteiger partial charge in [-0.15, -0.1) is 0 Å². The van der Waals surface area contributed by atoms with Crippen molar-refractivity contribution in [3.8, 4) is 0 Å². The third-order valence-corrected chi connectivity index (χ3v) is 5.41. The Kier molecular flexibility index (Phi) is 4.02. The van der Waals surface area contributed by atoms with Gasteiger partial charge in [-0.05, 0) is 38.5 Å². The normalized spacial score (nSPS) is 13.0. The number of benzene rings is 1. The summed E-state index contributed by atoms with van der Waals surface area (Å²) in [6.07, 6.45) is 0.624. The van der Waals surface area contributed by atoms with Crippen molar-refractivity contribution in [2.45, 2.75) is 37.6 Å². The molecule has 0 unspecified atom stereocenters. The molecule has 1 aromatic carbocycles. The monoisotopic (exact) mass is 274 g/mol. The van der Waals surface area contributed by atoms with Crippen molar-refractivity contribution in [1.82, 2.24) is 4.31 Å². The topological polar surface area (TPSA) is 63.4 Å². The Morgan fingerprint density at radius 3 is 2.39 bits per heavy atom. The van der Waals surface area contributed by atoms with Gasteiger partial charge in [0.25, 0.3) is 0 Å². The minimum absolute atomic E-state index is 0.198. The van der Waals surface area contributed by atoms with Crippen LogP contribution in [0.15, 0.2) is 23.1 Å². The summed E-state index contributed by atoms with van der Waals surface area (Å²) in [6, 6.07) is 3.59. The highest BCUT2D eigenvalue weighted by molar-refractivity contribution is 7.89. The standard InChI is InChI=1S/C12H19FN2O2S/c1-5-12(2,3)15(4)18(16,17)11-7-6-9(14)8-10(11)13/h6-8H,5,14H2,1-4H3. The molecule has 0 bridgehead atoms. The van der Waals surface area contributed by atoms with Gasteiger partial charge in [0.2, 0.25) is 10.0 Å². The van der Waals surface area contributed by atoms with Crippen LogP contribution in [0.25, 0.3) is 0 Å². The van der Waals surface area contributed by atoms with Crippen LogP contribution in [-0.2, 0) is 10.0 Å². The fourth-order valence-electron chi connectivity index (χ4n) is 1.42. The van der Waals surface area contributed by atoms with Crippen LogP contribution < -0.4 is 5.73 Å². The number of hydrogen-bond acceptors (Lipinski definition) is 3. The Balaban J connectivity index is 3.30. The molecule has 1 aromatic rings. The van der Waals surface area contributed by atoms with Gasteiger partial charge in [-0.2, -0.15) is 4.31 Å². The molecule has 4 nitrogen and oxygen atoms in total. The van der Waals surface area contributed by atoms with Crippen LogP contribution >= 0.6 is 0 Å². The van der Waals surface area contributed by atoms with Gasteiger partial charge >= 0.3 is 0 Å². The van der Waals surface area contributed by atoms with Gasteiger partial charge < -0.3 is 5.73 Å². The highest BCUT2D eigenvalue weighted by Gasteiger charge is 2.34. The molecule has 0 fully saturated rings. The third kappa shape index (κ3) is 2.64. The molecule has 0 aliphatic heterocycles. The molecule has 1 rings (SSSR count). The Morgan fingerprint density at radius 1 is 1.39 bits per heavy atom. The number of rotatable bonds is 4. The summed E-state index contributed by atoms with van der Waals surface area (Å²) >= 11 is 0. The van der Waals surface area contributed by atoms with Crippen LogP contribution in [-0.4, -0.2) is 25.3 Å². The molecule has 2 N–H and O–H groups in total. The molecule has 6 heteroatoms. The fraction of sp³-hybridized carbons (Fsp3) is 0.500. The second-order valence-corrected chi connectivity index (χ2v) is 6.77. The predicted octanol–water partition coefficient (Wildman–Crippen LogP) is 2.22. The molecule has 0 saturated carbocycles. The van der Waals surface area contributed by atoms with Gasteiger partial charge in [-0.1, -0.05) is 6.92 Å². The van der Waals surface area contributed by atoms with Crippen molar-refractivity contribution in [2.75, 3.05) is 12.8 Å². The zero-order valence-electron chi connectivity index (χ0n) is 11.1. The van der Waals surface area contributed by atoms with Crippen LogP contribution in [0, 0.1) is 5.82 Å². The van der Waals surface area contributed by atoms with Gasteiger partial charge in [0.1, 0.15) is 10.7 Å². The highest BCUT2D eigenvalue weighted by Crippen LogP contribution is 2.27. The van der Waals surface area contributed by atoms with E-state index in [2.05, 4.69) is 0 Å². The number of sulfonamides is 1. The third-order valence-electron chi connectivity index (χ3n) is 3.31. The second kappa shape index (κ2) is 4.85. The van der Waals surface area contributed by atoms with Crippen LogP contribution in [0.4, 0.5) is 10.1 Å². The molecule has 0 atom stereocenters. The van der Waals surface area contributed by atoms with E-state index in [1.807, 2.05) is 6.92 Å². The number of anilines is 1. The Hall–Kier alpha value is -1.14. The van der Waals surface area contributed by atoms with Crippen molar-refractivity contribution in [2.24, 2.45) is 0 Å². The summed E-state index contributed by atoms with van der Waals surface area (Å²) in [5.74, 6) is -0.825. The molecule has 0 heterocycles. The summed E-state index contributed by atoms with van der Waals surface area (Å²) < 4.78 is 39.5. The zero-order valence-corrected chi connectivity index (χ0v) is 11.9. The first-order chi connectivity index (χ1) is 8.13. The van der Waals surface area contributed by atoms with Crippen LogP contribution in [0.1, 0.15) is 27.2 Å². The predicted molar refractivity (Wildman–Crippen MR) is 70.1 cm³/mol. The number of nitrogens with two attached hydrogens (primary N) is 1. The van der Waals surface area contributed by atoms with Gasteiger partial charge in [0.15, 0.2) is 0 Å². The molecule has 102 valence electrons. The second-order valence-electron chi connectivity index (χ2n) is 4.83. The van der Waals surface area contributed by atoms with Crippen molar-refractivity contribution in [3.05, 3.63) is 24.0 Å². The first-order valence-electron chi connectivity index (χ1n) is 5.67. The van der Waals surface area contributed by atoms with Crippen LogP contribution in [0.5, 0.6) is 0 Å². The maximum Gasteiger partial charge on any atom is 0.246 e. The number of hydrogen-bond donors (Lipinski definition) is 1. The van der Waals surface area contributed by atoms with E-state index in [-0.39, 0.29) is 10.6 Å². The lowest BCUT2D eigenvalue weighted by atomic mass is 10.0. The Labute approximate surface area is 108 Å². The first-order valence-corrected chi connectivity index (χ1v) is 7.11. The molecule has 0 aliphatic rings. The van der Waals surface area contributed by atoms with E-state index in [0.717, 1.165) is 6.07 Å². The summed E-state index contributed by atoms with van der Waals surface area (Å²) in [6.45, 7) is 5.46. The summed E-state index contributed by atoms with van der Waals surface area (Å²) in [5.41, 5.74) is 5.03. The van der Waals surface area contributed by atoms with E-state index in [1.165, 1.54) is 23.5 Å². The molecular formula is C12H19FN2O2S. The lowest BCUT2D eigenvalue weighted by molar-refractivity contribution is 0.256.